The molecule has 0 aliphatic carbocycles. The summed E-state index contributed by atoms with van der Waals surface area (Å²) in [4.78, 5) is 29.8. The molecule has 1 N–H and O–H groups in total. The summed E-state index contributed by atoms with van der Waals surface area (Å²) in [7, 11) is 0. The van der Waals surface area contributed by atoms with Crippen molar-refractivity contribution in [2.45, 2.75) is 38.0 Å². The molecule has 182 valence electrons. The van der Waals surface area contributed by atoms with Crippen molar-refractivity contribution >= 4 is 51.7 Å². The number of hydrazone groups is 1. The van der Waals surface area contributed by atoms with Gasteiger partial charge in [-0.15, -0.1) is 0 Å². The van der Waals surface area contributed by atoms with Crippen molar-refractivity contribution in [3.8, 4) is 0 Å². The lowest BCUT2D eigenvalue weighted by molar-refractivity contribution is -0.121. The number of aliphatic imine (C=N–C) groups is 1. The number of aryl methyl sites for hydroxylation is 2. The van der Waals surface area contributed by atoms with Gasteiger partial charge in [0.05, 0.1) is 11.8 Å². The van der Waals surface area contributed by atoms with Crippen molar-refractivity contribution in [3.63, 3.8) is 0 Å². The summed E-state index contributed by atoms with van der Waals surface area (Å²) in [5.41, 5.74) is 5.80. The van der Waals surface area contributed by atoms with Crippen LogP contribution in [0.1, 0.15) is 41.1 Å². The highest BCUT2D eigenvalue weighted by molar-refractivity contribution is 8.15. The minimum Gasteiger partial charge on any atom is -0.326 e. The Morgan fingerprint density at radius 1 is 1.08 bits per heavy atom. The maximum absolute atomic E-state index is 12.8. The van der Waals surface area contributed by atoms with E-state index in [1.807, 2.05) is 36.2 Å². The van der Waals surface area contributed by atoms with Crippen LogP contribution < -0.4 is 5.32 Å². The average Bonchev–Trinajstić information content (AvgIpc) is 3.46. The Kier molecular flexibility index (Phi) is 6.94. The number of rotatable bonds is 5. The first-order valence-electron chi connectivity index (χ1n) is 11.7. The molecule has 2 aliphatic rings. The second kappa shape index (κ2) is 10.3. The van der Waals surface area contributed by atoms with Gasteiger partial charge in [0, 0.05) is 23.6 Å². The molecule has 0 spiro atoms. The predicted molar refractivity (Wildman–Crippen MR) is 147 cm³/mol. The van der Waals surface area contributed by atoms with Gasteiger partial charge in [0.25, 0.3) is 5.91 Å². The molecule has 2 aliphatic heterocycles. The molecule has 0 radical (unpaired) electrons. The van der Waals surface area contributed by atoms with Crippen LogP contribution in [0.25, 0.3) is 0 Å². The van der Waals surface area contributed by atoms with Crippen LogP contribution in [0.4, 0.5) is 5.69 Å². The third kappa shape index (κ3) is 5.22. The molecule has 3 aromatic carbocycles. The zero-order chi connectivity index (χ0) is 25.2. The number of carbonyl (C=O) groups excluding carboxylic acids is 2. The van der Waals surface area contributed by atoms with Crippen LogP contribution >= 0.6 is 23.4 Å². The average molecular weight is 517 g/mol. The molecule has 0 bridgehead atoms. The number of hydrogen-bond acceptors (Lipinski definition) is 5. The summed E-state index contributed by atoms with van der Waals surface area (Å²) < 4.78 is 0. The molecule has 0 aromatic heterocycles. The molecule has 2 amide bonds. The lowest BCUT2D eigenvalue weighted by Gasteiger charge is -2.23. The van der Waals surface area contributed by atoms with Crippen molar-refractivity contribution in [1.29, 1.82) is 0 Å². The van der Waals surface area contributed by atoms with Crippen molar-refractivity contribution < 1.29 is 9.59 Å². The predicted octanol–water partition coefficient (Wildman–Crippen LogP) is 6.13. The monoisotopic (exact) mass is 516 g/mol. The van der Waals surface area contributed by atoms with Crippen molar-refractivity contribution in [2.75, 3.05) is 5.32 Å². The lowest BCUT2D eigenvalue weighted by Crippen LogP contribution is -2.25. The van der Waals surface area contributed by atoms with Crippen molar-refractivity contribution in [2.24, 2.45) is 10.1 Å². The normalized spacial score (nSPS) is 19.3. The summed E-state index contributed by atoms with van der Waals surface area (Å²) in [5, 5.41) is 10.1. The number of thioether (sulfide) groups is 1. The Balaban J connectivity index is 1.33. The molecule has 2 unspecified atom stereocenters. The Morgan fingerprint density at radius 2 is 1.83 bits per heavy atom. The van der Waals surface area contributed by atoms with E-state index in [4.69, 9.17) is 16.7 Å². The fourth-order valence-electron chi connectivity index (χ4n) is 4.20. The molecular formula is C28H25ClN4O2S. The molecular weight excluding hydrogens is 492 g/mol. The van der Waals surface area contributed by atoms with Gasteiger partial charge in [-0.2, -0.15) is 10.1 Å². The molecule has 0 saturated heterocycles. The van der Waals surface area contributed by atoms with E-state index in [2.05, 4.69) is 53.6 Å². The first-order chi connectivity index (χ1) is 17.4. The maximum Gasteiger partial charge on any atom is 0.262 e. The summed E-state index contributed by atoms with van der Waals surface area (Å²) in [6.45, 7) is 3.95. The van der Waals surface area contributed by atoms with Gasteiger partial charge in [-0.05, 0) is 42.7 Å². The quantitative estimate of drug-likeness (QED) is 0.442. The molecule has 5 rings (SSSR count). The van der Waals surface area contributed by atoms with E-state index in [-0.39, 0.29) is 24.3 Å². The van der Waals surface area contributed by atoms with E-state index in [1.54, 1.807) is 12.1 Å². The number of amidine groups is 1. The molecule has 6 nitrogen and oxygen atoms in total. The minimum absolute atomic E-state index is 0.0143. The van der Waals surface area contributed by atoms with Crippen LogP contribution in [0.2, 0.25) is 5.02 Å². The van der Waals surface area contributed by atoms with Crippen LogP contribution in [0, 0.1) is 13.8 Å². The van der Waals surface area contributed by atoms with Crippen LogP contribution in [-0.2, 0) is 9.59 Å². The topological polar surface area (TPSA) is 74.1 Å². The van der Waals surface area contributed by atoms with Crippen LogP contribution in [-0.4, -0.2) is 33.0 Å². The molecule has 2 heterocycles. The van der Waals surface area contributed by atoms with Crippen molar-refractivity contribution in [3.05, 3.63) is 100 Å². The first-order valence-corrected chi connectivity index (χ1v) is 13.0. The van der Waals surface area contributed by atoms with Gasteiger partial charge in [-0.25, -0.2) is 5.01 Å². The number of amides is 2. The molecule has 2 atom stereocenters. The number of benzene rings is 3. The fraction of sp³-hybridized carbons (Fsp3) is 0.214. The van der Waals surface area contributed by atoms with E-state index in [1.165, 1.54) is 17.3 Å². The van der Waals surface area contributed by atoms with Gasteiger partial charge in [0.2, 0.25) is 5.91 Å². The van der Waals surface area contributed by atoms with Gasteiger partial charge in [-0.3, -0.25) is 9.59 Å². The largest absolute Gasteiger partial charge is 0.326 e. The number of nitrogens with one attached hydrogen (secondary N) is 1. The van der Waals surface area contributed by atoms with E-state index >= 15 is 0 Å². The molecule has 0 fully saturated rings. The number of carbonyl (C=O) groups is 2. The highest BCUT2D eigenvalue weighted by atomic mass is 35.5. The molecule has 36 heavy (non-hydrogen) atoms. The number of nitrogens with zero attached hydrogens (tertiary/aromatic N) is 3. The third-order valence-corrected chi connectivity index (χ3v) is 7.78. The lowest BCUT2D eigenvalue weighted by atomic mass is 9.98. The zero-order valence-corrected chi connectivity index (χ0v) is 21.5. The van der Waals surface area contributed by atoms with Gasteiger partial charge in [-0.1, -0.05) is 89.6 Å². The van der Waals surface area contributed by atoms with Crippen molar-refractivity contribution in [1.82, 2.24) is 5.01 Å². The molecule has 0 saturated carbocycles. The smallest absolute Gasteiger partial charge is 0.262 e. The van der Waals surface area contributed by atoms with E-state index in [0.29, 0.717) is 22.3 Å². The van der Waals surface area contributed by atoms with Gasteiger partial charge >= 0.3 is 0 Å². The highest BCUT2D eigenvalue weighted by Gasteiger charge is 2.39. The van der Waals surface area contributed by atoms with Gasteiger partial charge in [0.15, 0.2) is 5.17 Å². The summed E-state index contributed by atoms with van der Waals surface area (Å²) in [6, 6.07) is 23.6. The second-order valence-corrected chi connectivity index (χ2v) is 10.5. The van der Waals surface area contributed by atoms with E-state index in [9.17, 15) is 9.59 Å². The number of anilines is 1. The van der Waals surface area contributed by atoms with E-state index < -0.39 is 5.25 Å². The van der Waals surface area contributed by atoms with Gasteiger partial charge in [0.1, 0.15) is 5.25 Å². The van der Waals surface area contributed by atoms with Crippen LogP contribution in [0.15, 0.2) is 82.9 Å². The third-order valence-electron chi connectivity index (χ3n) is 6.23. The summed E-state index contributed by atoms with van der Waals surface area (Å²) in [5.74, 6) is -0.583. The highest BCUT2D eigenvalue weighted by Crippen LogP contribution is 2.38. The van der Waals surface area contributed by atoms with E-state index in [0.717, 1.165) is 22.4 Å². The Morgan fingerprint density at radius 3 is 2.56 bits per heavy atom. The Labute approximate surface area is 219 Å². The zero-order valence-electron chi connectivity index (χ0n) is 19.9. The summed E-state index contributed by atoms with van der Waals surface area (Å²) in [6.07, 6.45) is 0.709. The summed E-state index contributed by atoms with van der Waals surface area (Å²) >= 11 is 7.46. The van der Waals surface area contributed by atoms with Gasteiger partial charge < -0.3 is 5.32 Å². The fourth-order valence-corrected chi connectivity index (χ4v) is 5.44. The van der Waals surface area contributed by atoms with Crippen LogP contribution in [0.3, 0.4) is 0 Å². The first kappa shape index (κ1) is 24.3. The number of hydrogen-bond donors (Lipinski definition) is 1. The molecule has 3 aromatic rings. The SMILES string of the molecule is Cc1ccc(C2=NN(C3=NC(=O)C(CC(=O)Nc4ccc(C)c(Cl)c4)S3)C(c3ccccc3)C2)cc1. The Bertz CT molecular complexity index is 1370. The Hall–Kier alpha value is -3.42. The second-order valence-electron chi connectivity index (χ2n) is 8.94. The van der Waals surface area contributed by atoms with Crippen LogP contribution in [0.5, 0.6) is 0 Å². The standard InChI is InChI=1S/C28H25ClN4O2S/c1-17-8-11-19(12-9-17)23-15-24(20-6-4-3-5-7-20)33(32-23)28-31-27(35)25(36-28)16-26(34)30-21-13-10-18(2)22(29)14-21/h3-14,24-25H,15-16H2,1-2H3,(H,30,34). The number of halogens is 1. The molecule has 8 heteroatoms. The minimum atomic E-state index is -0.601. The maximum atomic E-state index is 12.8.